The van der Waals surface area contributed by atoms with Crippen molar-refractivity contribution in [3.63, 3.8) is 0 Å². The molecule has 52 valence electrons. The van der Waals surface area contributed by atoms with Gasteiger partial charge in [-0.1, -0.05) is 22.0 Å². The molecule has 2 aromatic rings. The first-order chi connectivity index (χ1) is 4.86. The van der Waals surface area contributed by atoms with E-state index in [2.05, 4.69) is 15.9 Å². The maximum Gasteiger partial charge on any atom is 1.00 e. The van der Waals surface area contributed by atoms with E-state index in [4.69, 9.17) is 4.42 Å². The summed E-state index contributed by atoms with van der Waals surface area (Å²) in [6.45, 7) is 0. The zero-order chi connectivity index (χ0) is 6.97. The van der Waals surface area contributed by atoms with E-state index in [0.29, 0.717) is 0 Å². The molecule has 0 radical (unpaired) electrons. The van der Waals surface area contributed by atoms with Crippen molar-refractivity contribution in [3.8, 4) is 0 Å². The molecule has 0 bridgehead atoms. The third kappa shape index (κ3) is 1.70. The van der Waals surface area contributed by atoms with Crippen molar-refractivity contribution < 1.29 is 24.7 Å². The molecule has 0 saturated heterocycles. The number of benzene rings is 1. The predicted octanol–water partition coefficient (Wildman–Crippen LogP) is 0.312. The molecule has 0 spiro atoms. The van der Waals surface area contributed by atoms with Crippen LogP contribution >= 0.6 is 15.9 Å². The van der Waals surface area contributed by atoms with Crippen LogP contribution in [0.15, 0.2) is 39.4 Å². The monoisotopic (exact) mass is 204 g/mol. The molecule has 0 saturated carbocycles. The van der Waals surface area contributed by atoms with Gasteiger partial charge in [-0.15, -0.1) is 0 Å². The van der Waals surface area contributed by atoms with E-state index >= 15 is 0 Å². The molecule has 3 heteroatoms. The summed E-state index contributed by atoms with van der Waals surface area (Å²) in [6.07, 6.45) is 1.69. The van der Waals surface area contributed by atoms with Crippen molar-refractivity contribution in [2.24, 2.45) is 0 Å². The van der Waals surface area contributed by atoms with Crippen molar-refractivity contribution in [2.75, 3.05) is 0 Å². The summed E-state index contributed by atoms with van der Waals surface area (Å²) in [4.78, 5) is 0. The molecule has 0 aliphatic carbocycles. The predicted molar refractivity (Wildman–Crippen MR) is 45.0 cm³/mol. The van der Waals surface area contributed by atoms with Gasteiger partial charge in [-0.3, -0.25) is 0 Å². The standard InChI is InChI=1S/C8H5BrO.Li.H/c9-7-2-1-6-3-4-10-8(6)5-7;;/h1-5H;;/q;+1;-1. The summed E-state index contributed by atoms with van der Waals surface area (Å²) in [6, 6.07) is 7.91. The minimum absolute atomic E-state index is 0. The van der Waals surface area contributed by atoms with Crippen LogP contribution in [0, 0.1) is 0 Å². The maximum absolute atomic E-state index is 5.17. The maximum atomic E-state index is 5.17. The fraction of sp³-hybridized carbons (Fsp3) is 0. The average Bonchev–Trinajstić information content (AvgIpc) is 2.33. The fourth-order valence-electron chi connectivity index (χ4n) is 0.929. The minimum Gasteiger partial charge on any atom is -1.00 e. The zero-order valence-electron chi connectivity index (χ0n) is 7.17. The van der Waals surface area contributed by atoms with Crippen molar-refractivity contribution in [2.45, 2.75) is 0 Å². The largest absolute Gasteiger partial charge is 1.00 e. The van der Waals surface area contributed by atoms with Gasteiger partial charge >= 0.3 is 18.9 Å². The van der Waals surface area contributed by atoms with Crippen molar-refractivity contribution >= 4 is 26.9 Å². The van der Waals surface area contributed by atoms with Crippen LogP contribution in [0.4, 0.5) is 0 Å². The Bertz CT molecular complexity index is 361. The summed E-state index contributed by atoms with van der Waals surface area (Å²) in [5, 5.41) is 1.14. The summed E-state index contributed by atoms with van der Waals surface area (Å²) >= 11 is 3.36. The van der Waals surface area contributed by atoms with Gasteiger partial charge in [0.15, 0.2) is 0 Å². The first-order valence-electron chi connectivity index (χ1n) is 2.99. The van der Waals surface area contributed by atoms with Crippen LogP contribution in [0.2, 0.25) is 0 Å². The summed E-state index contributed by atoms with van der Waals surface area (Å²) in [5.41, 5.74) is 0.925. The molecular formula is C8H6BrLiO. The second-order valence-electron chi connectivity index (χ2n) is 2.10. The van der Waals surface area contributed by atoms with Crippen molar-refractivity contribution in [1.29, 1.82) is 0 Å². The van der Waals surface area contributed by atoms with E-state index in [-0.39, 0.29) is 20.3 Å². The third-order valence-corrected chi connectivity index (χ3v) is 1.91. The van der Waals surface area contributed by atoms with Crippen LogP contribution in [0.3, 0.4) is 0 Å². The van der Waals surface area contributed by atoms with Gasteiger partial charge in [0, 0.05) is 9.86 Å². The van der Waals surface area contributed by atoms with Crippen LogP contribution in [-0.4, -0.2) is 0 Å². The van der Waals surface area contributed by atoms with Crippen LogP contribution in [-0.2, 0) is 0 Å². The smallest absolute Gasteiger partial charge is 1.00 e. The molecule has 0 fully saturated rings. The van der Waals surface area contributed by atoms with E-state index in [1.54, 1.807) is 6.26 Å². The van der Waals surface area contributed by atoms with Gasteiger partial charge in [0.2, 0.25) is 0 Å². The Labute approximate surface area is 86.6 Å². The van der Waals surface area contributed by atoms with E-state index in [0.717, 1.165) is 15.4 Å². The number of fused-ring (bicyclic) bond motifs is 1. The Balaban J connectivity index is 0.000000605. The normalized spacial score (nSPS) is 9.55. The molecule has 0 unspecified atom stereocenters. The molecule has 0 aliphatic heterocycles. The number of rotatable bonds is 0. The zero-order valence-corrected chi connectivity index (χ0v) is 7.76. The Morgan fingerprint density at radius 1 is 1.27 bits per heavy atom. The van der Waals surface area contributed by atoms with Crippen LogP contribution in [0.25, 0.3) is 11.0 Å². The van der Waals surface area contributed by atoms with Gasteiger partial charge in [-0.05, 0) is 18.2 Å². The first-order valence-corrected chi connectivity index (χ1v) is 3.78. The summed E-state index contributed by atoms with van der Waals surface area (Å²) in [5.74, 6) is 0. The van der Waals surface area contributed by atoms with Gasteiger partial charge in [-0.25, -0.2) is 0 Å². The van der Waals surface area contributed by atoms with Crippen LogP contribution in [0.1, 0.15) is 1.43 Å². The minimum atomic E-state index is 0. The molecule has 11 heavy (non-hydrogen) atoms. The van der Waals surface area contributed by atoms with Gasteiger partial charge < -0.3 is 5.84 Å². The second kappa shape index (κ2) is 3.49. The molecule has 0 atom stereocenters. The Kier molecular flexibility index (Phi) is 2.83. The average molecular weight is 205 g/mol. The van der Waals surface area contributed by atoms with Crippen LogP contribution < -0.4 is 18.9 Å². The number of halogens is 1. The number of hydrogen-bond acceptors (Lipinski definition) is 1. The number of furan rings is 1. The molecule has 0 aliphatic rings. The van der Waals surface area contributed by atoms with E-state index < -0.39 is 0 Å². The molecule has 0 N–H and O–H groups in total. The van der Waals surface area contributed by atoms with E-state index in [1.807, 2.05) is 24.3 Å². The molecule has 1 nitrogen and oxygen atoms in total. The van der Waals surface area contributed by atoms with Gasteiger partial charge in [0.05, 0.1) is 6.26 Å². The summed E-state index contributed by atoms with van der Waals surface area (Å²) in [7, 11) is 0. The van der Waals surface area contributed by atoms with Gasteiger partial charge in [0.1, 0.15) is 5.58 Å². The molecule has 2 rings (SSSR count). The van der Waals surface area contributed by atoms with Crippen molar-refractivity contribution in [3.05, 3.63) is 35.0 Å². The van der Waals surface area contributed by atoms with E-state index in [1.165, 1.54) is 0 Å². The fourth-order valence-corrected chi connectivity index (χ4v) is 1.27. The summed E-state index contributed by atoms with van der Waals surface area (Å²) < 4.78 is 6.22. The molecule has 1 aromatic heterocycles. The quantitative estimate of drug-likeness (QED) is 0.564. The van der Waals surface area contributed by atoms with Gasteiger partial charge in [-0.2, -0.15) is 0 Å². The van der Waals surface area contributed by atoms with Crippen molar-refractivity contribution in [1.82, 2.24) is 0 Å². The molecular weight excluding hydrogens is 199 g/mol. The van der Waals surface area contributed by atoms with E-state index in [9.17, 15) is 0 Å². The topological polar surface area (TPSA) is 13.1 Å². The second-order valence-corrected chi connectivity index (χ2v) is 3.02. The Hall–Kier alpha value is -0.163. The first kappa shape index (κ1) is 8.93. The van der Waals surface area contributed by atoms with Gasteiger partial charge in [0.25, 0.3) is 0 Å². The molecule has 1 aromatic carbocycles. The Morgan fingerprint density at radius 3 is 2.91 bits per heavy atom. The molecule has 1 heterocycles. The Morgan fingerprint density at radius 2 is 2.09 bits per heavy atom. The number of hydrogen-bond donors (Lipinski definition) is 0. The molecule has 0 amide bonds. The third-order valence-electron chi connectivity index (χ3n) is 1.42. The van der Waals surface area contributed by atoms with Crippen LogP contribution in [0.5, 0.6) is 0 Å². The SMILES string of the molecule is Brc1ccc2ccoc2c1.[H-].[Li+].